The number of likely N-dealkylation sites (N-methyl/N-ethyl adjacent to an activating group) is 1. The van der Waals surface area contributed by atoms with E-state index in [1.807, 2.05) is 6.92 Å². The van der Waals surface area contributed by atoms with Crippen LogP contribution in [0.1, 0.15) is 24.2 Å². The highest BCUT2D eigenvalue weighted by atomic mass is 32.2. The molecule has 1 saturated heterocycles. The van der Waals surface area contributed by atoms with Crippen molar-refractivity contribution in [1.29, 1.82) is 0 Å². The Kier molecular flexibility index (Phi) is 7.15. The van der Waals surface area contributed by atoms with E-state index in [4.69, 9.17) is 0 Å². The fraction of sp³-hybridized carbons (Fsp3) is 0.381. The standard InChI is InChI=1S/C21H27N3O5S2/c1-3-23-13-15-24(16-14-23)31(28,29)18-11-9-17(10-12-18)22-21(25)19-7-5-6-8-20(19)30(26,27)4-2/h5-12H,3-4,13-16H2,1-2H3,(H,22,25). The fourth-order valence-electron chi connectivity index (χ4n) is 3.42. The van der Waals surface area contributed by atoms with Gasteiger partial charge in [0.1, 0.15) is 0 Å². The van der Waals surface area contributed by atoms with Gasteiger partial charge < -0.3 is 10.2 Å². The Morgan fingerprint density at radius 1 is 0.903 bits per heavy atom. The lowest BCUT2D eigenvalue weighted by atomic mass is 10.2. The Bertz CT molecular complexity index is 1140. The van der Waals surface area contributed by atoms with Gasteiger partial charge in [-0.25, -0.2) is 16.8 Å². The quantitative estimate of drug-likeness (QED) is 0.671. The topological polar surface area (TPSA) is 104 Å². The highest BCUT2D eigenvalue weighted by Gasteiger charge is 2.28. The van der Waals surface area contributed by atoms with Crippen molar-refractivity contribution in [1.82, 2.24) is 9.21 Å². The van der Waals surface area contributed by atoms with Gasteiger partial charge >= 0.3 is 0 Å². The van der Waals surface area contributed by atoms with Crippen LogP contribution in [-0.4, -0.2) is 70.4 Å². The van der Waals surface area contributed by atoms with Crippen molar-refractivity contribution in [2.24, 2.45) is 0 Å². The molecule has 1 aliphatic heterocycles. The Morgan fingerprint density at radius 3 is 2.10 bits per heavy atom. The first-order valence-corrected chi connectivity index (χ1v) is 13.2. The van der Waals surface area contributed by atoms with E-state index in [9.17, 15) is 21.6 Å². The molecule has 0 unspecified atom stereocenters. The van der Waals surface area contributed by atoms with Crippen molar-refractivity contribution in [3.63, 3.8) is 0 Å². The van der Waals surface area contributed by atoms with Crippen LogP contribution in [0.25, 0.3) is 0 Å². The van der Waals surface area contributed by atoms with Gasteiger partial charge in [-0.3, -0.25) is 4.79 Å². The third kappa shape index (κ3) is 5.15. The zero-order chi connectivity index (χ0) is 22.6. The third-order valence-corrected chi connectivity index (χ3v) is 9.07. The Morgan fingerprint density at radius 2 is 1.52 bits per heavy atom. The molecule has 1 fully saturated rings. The predicted octanol–water partition coefficient (Wildman–Crippen LogP) is 2.06. The number of carbonyl (C=O) groups excluding carboxylic acids is 1. The second-order valence-electron chi connectivity index (χ2n) is 7.22. The number of anilines is 1. The molecule has 0 bridgehead atoms. The Balaban J connectivity index is 1.75. The number of piperazine rings is 1. The normalized spacial score (nSPS) is 16.2. The third-order valence-electron chi connectivity index (χ3n) is 5.38. The first-order valence-electron chi connectivity index (χ1n) is 10.1. The van der Waals surface area contributed by atoms with E-state index in [1.165, 1.54) is 47.6 Å². The summed E-state index contributed by atoms with van der Waals surface area (Å²) >= 11 is 0. The molecule has 2 aromatic carbocycles. The van der Waals surface area contributed by atoms with Crippen LogP contribution < -0.4 is 5.32 Å². The van der Waals surface area contributed by atoms with Crippen molar-refractivity contribution < 1.29 is 21.6 Å². The molecule has 8 nitrogen and oxygen atoms in total. The van der Waals surface area contributed by atoms with Crippen molar-refractivity contribution >= 4 is 31.5 Å². The minimum Gasteiger partial charge on any atom is -0.322 e. The van der Waals surface area contributed by atoms with Crippen LogP contribution in [0.2, 0.25) is 0 Å². The van der Waals surface area contributed by atoms with Crippen molar-refractivity contribution in [3.8, 4) is 0 Å². The van der Waals surface area contributed by atoms with Gasteiger partial charge in [0.2, 0.25) is 10.0 Å². The highest BCUT2D eigenvalue weighted by molar-refractivity contribution is 7.91. The SMILES string of the molecule is CCN1CCN(S(=O)(=O)c2ccc(NC(=O)c3ccccc3S(=O)(=O)CC)cc2)CC1. The second kappa shape index (κ2) is 9.47. The predicted molar refractivity (Wildman–Crippen MR) is 119 cm³/mol. The molecule has 1 heterocycles. The first kappa shape index (κ1) is 23.4. The van der Waals surface area contributed by atoms with E-state index < -0.39 is 25.8 Å². The van der Waals surface area contributed by atoms with Crippen LogP contribution >= 0.6 is 0 Å². The molecule has 10 heteroatoms. The number of hydrogen-bond donors (Lipinski definition) is 1. The number of hydrogen-bond acceptors (Lipinski definition) is 6. The number of nitrogens with zero attached hydrogens (tertiary/aromatic N) is 2. The highest BCUT2D eigenvalue weighted by Crippen LogP contribution is 2.22. The molecular weight excluding hydrogens is 438 g/mol. The summed E-state index contributed by atoms with van der Waals surface area (Å²) in [6, 6.07) is 11.9. The number of rotatable bonds is 7. The first-order chi connectivity index (χ1) is 14.7. The van der Waals surface area contributed by atoms with Crippen LogP contribution in [0, 0.1) is 0 Å². The molecule has 31 heavy (non-hydrogen) atoms. The lowest BCUT2D eigenvalue weighted by molar-refractivity contribution is 0.102. The van der Waals surface area contributed by atoms with Gasteiger partial charge in [-0.05, 0) is 42.9 Å². The Hall–Kier alpha value is -2.27. The van der Waals surface area contributed by atoms with Crippen LogP contribution in [0.15, 0.2) is 58.3 Å². The number of amides is 1. The summed E-state index contributed by atoms with van der Waals surface area (Å²) in [6.45, 7) is 6.74. The van der Waals surface area contributed by atoms with Crippen molar-refractivity contribution in [2.45, 2.75) is 23.6 Å². The van der Waals surface area contributed by atoms with E-state index in [0.29, 0.717) is 31.9 Å². The smallest absolute Gasteiger partial charge is 0.256 e. The summed E-state index contributed by atoms with van der Waals surface area (Å²) < 4.78 is 51.8. The maximum absolute atomic E-state index is 12.9. The van der Waals surface area contributed by atoms with Gasteiger partial charge in [0, 0.05) is 31.9 Å². The van der Waals surface area contributed by atoms with Gasteiger partial charge in [-0.2, -0.15) is 4.31 Å². The zero-order valence-corrected chi connectivity index (χ0v) is 19.2. The average Bonchev–Trinajstić information content (AvgIpc) is 2.79. The van der Waals surface area contributed by atoms with E-state index >= 15 is 0 Å². The summed E-state index contributed by atoms with van der Waals surface area (Å²) in [5.74, 6) is -0.685. The zero-order valence-electron chi connectivity index (χ0n) is 17.6. The molecular formula is C21H27N3O5S2. The fourth-order valence-corrected chi connectivity index (χ4v) is 5.94. The lowest BCUT2D eigenvalue weighted by Gasteiger charge is -2.33. The largest absolute Gasteiger partial charge is 0.322 e. The van der Waals surface area contributed by atoms with E-state index in [2.05, 4.69) is 10.2 Å². The van der Waals surface area contributed by atoms with Crippen molar-refractivity contribution in [2.75, 3.05) is 43.8 Å². The molecule has 168 valence electrons. The van der Waals surface area contributed by atoms with E-state index in [-0.39, 0.29) is 21.1 Å². The second-order valence-corrected chi connectivity index (χ2v) is 11.4. The minimum absolute atomic E-state index is 0.0274. The van der Waals surface area contributed by atoms with Crippen LogP contribution in [-0.2, 0) is 19.9 Å². The molecule has 0 aromatic heterocycles. The summed E-state index contributed by atoms with van der Waals surface area (Å²) in [4.78, 5) is 15.0. The molecule has 0 spiro atoms. The van der Waals surface area contributed by atoms with Gasteiger partial charge in [-0.1, -0.05) is 26.0 Å². The van der Waals surface area contributed by atoms with Crippen molar-refractivity contribution in [3.05, 3.63) is 54.1 Å². The molecule has 0 atom stereocenters. The van der Waals surface area contributed by atoms with E-state index in [1.54, 1.807) is 12.1 Å². The average molecular weight is 466 g/mol. The van der Waals surface area contributed by atoms with Crippen LogP contribution in [0.5, 0.6) is 0 Å². The number of nitrogens with one attached hydrogen (secondary N) is 1. The van der Waals surface area contributed by atoms with Gasteiger partial charge in [0.05, 0.1) is 21.1 Å². The number of sulfonamides is 1. The number of benzene rings is 2. The number of sulfone groups is 1. The maximum atomic E-state index is 12.9. The molecule has 1 aliphatic rings. The van der Waals surface area contributed by atoms with E-state index in [0.717, 1.165) is 6.54 Å². The molecule has 2 aromatic rings. The molecule has 0 saturated carbocycles. The minimum atomic E-state index is -3.61. The van der Waals surface area contributed by atoms with Crippen LogP contribution in [0.3, 0.4) is 0 Å². The summed E-state index contributed by atoms with van der Waals surface area (Å²) in [5, 5.41) is 2.65. The summed E-state index contributed by atoms with van der Waals surface area (Å²) in [6.07, 6.45) is 0. The summed E-state index contributed by atoms with van der Waals surface area (Å²) in [7, 11) is -7.17. The molecule has 0 radical (unpaired) electrons. The monoisotopic (exact) mass is 465 g/mol. The molecule has 0 aliphatic carbocycles. The molecule has 3 rings (SSSR count). The Labute approximate surface area is 183 Å². The van der Waals surface area contributed by atoms with Gasteiger partial charge in [0.15, 0.2) is 9.84 Å². The lowest BCUT2D eigenvalue weighted by Crippen LogP contribution is -2.48. The van der Waals surface area contributed by atoms with Gasteiger partial charge in [-0.15, -0.1) is 0 Å². The maximum Gasteiger partial charge on any atom is 0.256 e. The molecule has 1 amide bonds. The number of carbonyl (C=O) groups is 1. The van der Waals surface area contributed by atoms with Crippen LogP contribution in [0.4, 0.5) is 5.69 Å². The van der Waals surface area contributed by atoms with Gasteiger partial charge in [0.25, 0.3) is 5.91 Å². The molecule has 1 N–H and O–H groups in total. The summed E-state index contributed by atoms with van der Waals surface area (Å²) in [5.41, 5.74) is 0.429.